The maximum absolute atomic E-state index is 13.3. The predicted octanol–water partition coefficient (Wildman–Crippen LogP) is 3.72. The second kappa shape index (κ2) is 8.00. The highest BCUT2D eigenvalue weighted by atomic mass is 16.5. The Hall–Kier alpha value is -3.90. The third-order valence-corrected chi connectivity index (χ3v) is 4.67. The summed E-state index contributed by atoms with van der Waals surface area (Å²) in [4.78, 5) is 24.6. The number of carboxylic acids is 1. The normalized spacial score (nSPS) is 10.4. The van der Waals surface area contributed by atoms with Crippen LogP contribution in [0.25, 0.3) is 16.6 Å². The van der Waals surface area contributed by atoms with Crippen LogP contribution in [0.3, 0.4) is 0 Å². The Morgan fingerprint density at radius 3 is 2.21 bits per heavy atom. The number of hydrogen-bond acceptors (Lipinski definition) is 3. The van der Waals surface area contributed by atoms with Gasteiger partial charge in [0, 0.05) is 22.8 Å². The van der Waals surface area contributed by atoms with E-state index in [9.17, 15) is 14.7 Å². The summed E-state index contributed by atoms with van der Waals surface area (Å²) in [5.74, 6) is -0.420. The molecule has 2 heterocycles. The van der Waals surface area contributed by atoms with Gasteiger partial charge in [0.1, 0.15) is 11.4 Å². The van der Waals surface area contributed by atoms with Crippen LogP contribution in [0.15, 0.2) is 79.0 Å². The quantitative estimate of drug-likeness (QED) is 0.526. The van der Waals surface area contributed by atoms with Crippen molar-refractivity contribution in [2.45, 2.75) is 0 Å². The van der Waals surface area contributed by atoms with E-state index in [-0.39, 0.29) is 16.8 Å². The number of ketones is 1. The summed E-state index contributed by atoms with van der Waals surface area (Å²) < 4.78 is 6.95. The van der Waals surface area contributed by atoms with Gasteiger partial charge < -0.3 is 19.7 Å². The Bertz CT molecular complexity index is 1180. The number of carbonyl (C=O) groups excluding carboxylic acids is 1. The molecule has 6 nitrogen and oxygen atoms in total. The average molecular weight is 389 g/mol. The van der Waals surface area contributed by atoms with Crippen molar-refractivity contribution in [1.82, 2.24) is 4.40 Å². The second-order valence-electron chi connectivity index (χ2n) is 6.35. The van der Waals surface area contributed by atoms with Crippen molar-refractivity contribution in [3.8, 4) is 16.9 Å². The lowest BCUT2D eigenvalue weighted by Gasteiger charge is -2.08. The van der Waals surface area contributed by atoms with Gasteiger partial charge in [-0.3, -0.25) is 4.79 Å². The number of rotatable bonds is 5. The van der Waals surface area contributed by atoms with Gasteiger partial charge in [0.15, 0.2) is 0 Å². The molecule has 4 aromatic rings. The van der Waals surface area contributed by atoms with E-state index >= 15 is 0 Å². The smallest absolute Gasteiger partial charge is 0.335 e. The molecular formula is C23H19NO5. The lowest BCUT2D eigenvalue weighted by molar-refractivity contribution is 0.0696. The Kier molecular flexibility index (Phi) is 5.47. The number of aromatic carboxylic acids is 1. The molecule has 6 heteroatoms. The van der Waals surface area contributed by atoms with Gasteiger partial charge in [-0.05, 0) is 35.9 Å². The largest absolute Gasteiger partial charge is 0.497 e. The van der Waals surface area contributed by atoms with E-state index in [1.807, 2.05) is 48.5 Å². The van der Waals surface area contributed by atoms with E-state index in [2.05, 4.69) is 0 Å². The van der Waals surface area contributed by atoms with Crippen molar-refractivity contribution in [3.63, 3.8) is 0 Å². The molecule has 0 aliphatic heterocycles. The van der Waals surface area contributed by atoms with E-state index in [0.717, 1.165) is 16.9 Å². The molecule has 2 aromatic heterocycles. The molecule has 0 unspecified atom stereocenters. The molecule has 0 spiro atoms. The summed E-state index contributed by atoms with van der Waals surface area (Å²) in [5, 5.41) is 9.29. The third kappa shape index (κ3) is 3.61. The Labute approximate surface area is 166 Å². The fourth-order valence-electron chi connectivity index (χ4n) is 3.26. The Morgan fingerprint density at radius 1 is 0.897 bits per heavy atom. The molecule has 0 radical (unpaired) electrons. The zero-order valence-corrected chi connectivity index (χ0v) is 15.6. The predicted molar refractivity (Wildman–Crippen MR) is 110 cm³/mol. The number of methoxy groups -OCH3 is 1. The highest BCUT2D eigenvalue weighted by molar-refractivity contribution is 6.13. The zero-order chi connectivity index (χ0) is 19.7. The van der Waals surface area contributed by atoms with Crippen molar-refractivity contribution >= 4 is 17.3 Å². The minimum Gasteiger partial charge on any atom is -0.497 e. The molecule has 0 bridgehead atoms. The van der Waals surface area contributed by atoms with Crippen molar-refractivity contribution < 1.29 is 24.9 Å². The second-order valence-corrected chi connectivity index (χ2v) is 6.35. The summed E-state index contributed by atoms with van der Waals surface area (Å²) in [6, 6.07) is 21.4. The Morgan fingerprint density at radius 2 is 1.59 bits per heavy atom. The highest BCUT2D eigenvalue weighted by Gasteiger charge is 2.21. The molecular weight excluding hydrogens is 370 g/mol. The molecule has 4 rings (SSSR count). The van der Waals surface area contributed by atoms with Crippen LogP contribution in [0.1, 0.15) is 26.4 Å². The van der Waals surface area contributed by atoms with E-state index in [4.69, 9.17) is 4.74 Å². The van der Waals surface area contributed by atoms with Crippen molar-refractivity contribution in [2.75, 3.05) is 7.11 Å². The molecule has 0 fully saturated rings. The van der Waals surface area contributed by atoms with Crippen LogP contribution < -0.4 is 4.74 Å². The van der Waals surface area contributed by atoms with Gasteiger partial charge in [0.2, 0.25) is 5.78 Å². The number of hydrogen-bond donors (Lipinski definition) is 1. The molecule has 0 atom stereocenters. The summed E-state index contributed by atoms with van der Waals surface area (Å²) >= 11 is 0. The Balaban J connectivity index is 0.00000240. The first-order chi connectivity index (χ1) is 13.6. The number of ether oxygens (including phenoxy) is 1. The molecule has 0 aliphatic carbocycles. The maximum Gasteiger partial charge on any atom is 0.335 e. The molecule has 29 heavy (non-hydrogen) atoms. The van der Waals surface area contributed by atoms with Crippen molar-refractivity contribution in [2.24, 2.45) is 0 Å². The highest BCUT2D eigenvalue weighted by Crippen LogP contribution is 2.31. The number of benzene rings is 2. The first kappa shape index (κ1) is 19.9. The fraction of sp³-hybridized carbons (Fsp3) is 0.0435. The number of pyridine rings is 1. The molecule has 146 valence electrons. The zero-order valence-electron chi connectivity index (χ0n) is 15.6. The molecule has 0 saturated heterocycles. The van der Waals surface area contributed by atoms with E-state index in [1.165, 1.54) is 6.07 Å². The van der Waals surface area contributed by atoms with Crippen LogP contribution in [-0.2, 0) is 0 Å². The van der Waals surface area contributed by atoms with Gasteiger partial charge in [-0.1, -0.05) is 42.5 Å². The van der Waals surface area contributed by atoms with Crippen LogP contribution in [0.2, 0.25) is 0 Å². The molecule has 0 amide bonds. The lowest BCUT2D eigenvalue weighted by atomic mass is 10.0. The molecule has 0 aliphatic rings. The van der Waals surface area contributed by atoms with E-state index in [1.54, 1.807) is 35.9 Å². The van der Waals surface area contributed by atoms with Gasteiger partial charge in [-0.15, -0.1) is 0 Å². The van der Waals surface area contributed by atoms with Gasteiger partial charge >= 0.3 is 5.97 Å². The first-order valence-corrected chi connectivity index (χ1v) is 8.71. The minimum atomic E-state index is -1.01. The number of carboxylic acid groups (broad SMARTS) is 1. The van der Waals surface area contributed by atoms with Gasteiger partial charge in [-0.25, -0.2) is 4.79 Å². The number of aromatic nitrogens is 1. The lowest BCUT2D eigenvalue weighted by Crippen LogP contribution is -2.07. The minimum absolute atomic E-state index is 0. The topological polar surface area (TPSA) is 99.5 Å². The standard InChI is InChI=1S/C23H17NO4.H2O/c1-28-19-9-7-15(8-10-19)20-14-18-13-17(23(26)27)11-12-24(18)21(20)22(25)16-5-3-2-4-6-16;/h2-14H,1H3,(H,26,27);1H2. The van der Waals surface area contributed by atoms with Gasteiger partial charge in [0.05, 0.1) is 12.7 Å². The summed E-state index contributed by atoms with van der Waals surface area (Å²) in [7, 11) is 1.60. The molecule has 0 saturated carbocycles. The number of nitrogens with zero attached hydrogens (tertiary/aromatic N) is 1. The third-order valence-electron chi connectivity index (χ3n) is 4.67. The number of fused-ring (bicyclic) bond motifs is 1. The number of carbonyl (C=O) groups is 2. The molecule has 3 N–H and O–H groups in total. The monoisotopic (exact) mass is 389 g/mol. The summed E-state index contributed by atoms with van der Waals surface area (Å²) in [6.45, 7) is 0. The first-order valence-electron chi connectivity index (χ1n) is 8.71. The van der Waals surface area contributed by atoms with Crippen LogP contribution in [-0.4, -0.2) is 33.8 Å². The van der Waals surface area contributed by atoms with Crippen molar-refractivity contribution in [3.05, 3.63) is 95.8 Å². The van der Waals surface area contributed by atoms with Crippen LogP contribution >= 0.6 is 0 Å². The fourth-order valence-corrected chi connectivity index (χ4v) is 3.26. The SMILES string of the molecule is COc1ccc(-c2cc3cc(C(=O)O)ccn3c2C(=O)c2ccccc2)cc1.O. The van der Waals surface area contributed by atoms with Crippen molar-refractivity contribution in [1.29, 1.82) is 0 Å². The summed E-state index contributed by atoms with van der Waals surface area (Å²) in [5.41, 5.74) is 3.46. The van der Waals surface area contributed by atoms with Crippen LogP contribution in [0.5, 0.6) is 5.75 Å². The van der Waals surface area contributed by atoms with E-state index in [0.29, 0.717) is 16.8 Å². The van der Waals surface area contributed by atoms with Crippen LogP contribution in [0.4, 0.5) is 0 Å². The van der Waals surface area contributed by atoms with Crippen LogP contribution in [0, 0.1) is 0 Å². The maximum atomic E-state index is 13.3. The van der Waals surface area contributed by atoms with Gasteiger partial charge in [-0.2, -0.15) is 0 Å². The average Bonchev–Trinajstić information content (AvgIpc) is 3.12. The molecule has 2 aromatic carbocycles. The van der Waals surface area contributed by atoms with Gasteiger partial charge in [0.25, 0.3) is 0 Å². The summed E-state index contributed by atoms with van der Waals surface area (Å²) in [6.07, 6.45) is 1.63. The van der Waals surface area contributed by atoms with E-state index < -0.39 is 5.97 Å².